The molecule has 2 amide bonds. The third kappa shape index (κ3) is 7.50. The molecule has 0 spiro atoms. The van der Waals surface area contributed by atoms with Gasteiger partial charge in [0.2, 0.25) is 5.91 Å². The van der Waals surface area contributed by atoms with Gasteiger partial charge in [-0.15, -0.1) is 0 Å². The van der Waals surface area contributed by atoms with Crippen LogP contribution in [0.5, 0.6) is 0 Å². The van der Waals surface area contributed by atoms with E-state index in [1.54, 1.807) is 23.2 Å². The van der Waals surface area contributed by atoms with E-state index in [0.717, 1.165) is 48.2 Å². The lowest BCUT2D eigenvalue weighted by Gasteiger charge is -2.42. The van der Waals surface area contributed by atoms with Crippen LogP contribution in [-0.2, 0) is 15.6 Å². The lowest BCUT2D eigenvalue weighted by Crippen LogP contribution is -2.53. The minimum Gasteiger partial charge on any atom is -0.339 e. The number of amides is 2. The molecule has 2 saturated carbocycles. The first-order valence-corrected chi connectivity index (χ1v) is 18.0. The number of hydrogen-bond acceptors (Lipinski definition) is 5. The Morgan fingerprint density at radius 2 is 1.59 bits per heavy atom. The van der Waals surface area contributed by atoms with Gasteiger partial charge in [0.05, 0.1) is 11.7 Å². The number of nitrogens with zero attached hydrogens (tertiary/aromatic N) is 3. The van der Waals surface area contributed by atoms with Gasteiger partial charge in [0.15, 0.2) is 0 Å². The van der Waals surface area contributed by atoms with E-state index >= 15 is 0 Å². The van der Waals surface area contributed by atoms with E-state index in [9.17, 15) is 13.8 Å². The largest absolute Gasteiger partial charge is 0.339 e. The summed E-state index contributed by atoms with van der Waals surface area (Å²) in [6.45, 7) is 5.90. The first-order chi connectivity index (χ1) is 21.2. The van der Waals surface area contributed by atoms with Gasteiger partial charge in [0.25, 0.3) is 5.91 Å². The third-order valence-corrected chi connectivity index (χ3v) is 10.7. The van der Waals surface area contributed by atoms with Crippen molar-refractivity contribution in [1.29, 1.82) is 0 Å². The maximum absolute atomic E-state index is 14.3. The van der Waals surface area contributed by atoms with Crippen LogP contribution in [0.3, 0.4) is 0 Å². The molecule has 2 heterocycles. The molecular formula is C34H48N6O3S. The molecule has 3 N–H and O–H groups in total. The summed E-state index contributed by atoms with van der Waals surface area (Å²) in [6.07, 6.45) is 14.8. The quantitative estimate of drug-likeness (QED) is 0.231. The Morgan fingerprint density at radius 1 is 0.977 bits per heavy atom. The number of carbonyl (C=O) groups is 2. The predicted molar refractivity (Wildman–Crippen MR) is 176 cm³/mol. The Bertz CT molecular complexity index is 1400. The van der Waals surface area contributed by atoms with Crippen LogP contribution in [-0.4, -0.2) is 54.1 Å². The molecule has 10 heteroatoms. The molecule has 2 aromatic heterocycles. The van der Waals surface area contributed by atoms with E-state index in [4.69, 9.17) is 0 Å². The van der Waals surface area contributed by atoms with Crippen LogP contribution in [0.25, 0.3) is 11.1 Å². The fourth-order valence-electron chi connectivity index (χ4n) is 7.69. The maximum Gasteiger partial charge on any atom is 0.270 e. The number of H-pyrrole nitrogens is 1. The van der Waals surface area contributed by atoms with Gasteiger partial charge in [-0.25, -0.2) is 0 Å². The van der Waals surface area contributed by atoms with Crippen molar-refractivity contribution in [3.8, 4) is 11.1 Å². The van der Waals surface area contributed by atoms with Crippen LogP contribution in [0.1, 0.15) is 99.1 Å². The number of benzene rings is 1. The molecule has 3 aromatic rings. The summed E-state index contributed by atoms with van der Waals surface area (Å²) >= 11 is 0. The molecule has 9 nitrogen and oxygen atoms in total. The van der Waals surface area contributed by atoms with Gasteiger partial charge in [0.1, 0.15) is 11.7 Å². The third-order valence-electron chi connectivity index (χ3n) is 9.71. The second-order valence-corrected chi connectivity index (χ2v) is 14.4. The molecule has 1 aromatic carbocycles. The number of hydrogen-bond donors (Lipinski definition) is 3. The highest BCUT2D eigenvalue weighted by Crippen LogP contribution is 2.42. The number of nitrogens with one attached hydrogen (secondary N) is 3. The van der Waals surface area contributed by atoms with Crippen molar-refractivity contribution in [3.63, 3.8) is 0 Å². The highest BCUT2D eigenvalue weighted by Gasteiger charge is 2.41. The summed E-state index contributed by atoms with van der Waals surface area (Å²) in [5.74, 6) is 0.761. The van der Waals surface area contributed by atoms with Gasteiger partial charge < -0.3 is 10.6 Å². The van der Waals surface area contributed by atoms with E-state index in [2.05, 4.69) is 25.9 Å². The van der Waals surface area contributed by atoms with Crippen LogP contribution >= 0.6 is 0 Å². The minimum atomic E-state index is -1.03. The van der Waals surface area contributed by atoms with Crippen molar-refractivity contribution >= 4 is 28.3 Å². The first kappa shape index (κ1) is 32.1. The fraction of sp³-hybridized carbons (Fsp3) is 0.588. The Balaban J connectivity index is 1.44. The van der Waals surface area contributed by atoms with Crippen LogP contribution < -0.4 is 10.6 Å². The van der Waals surface area contributed by atoms with Crippen LogP contribution in [0.4, 0.5) is 5.69 Å². The Hall–Kier alpha value is -3.27. The van der Waals surface area contributed by atoms with Gasteiger partial charge in [-0.05, 0) is 62.3 Å². The normalized spacial score (nSPS) is 18.6. The SMILES string of the molecule is Cc1n[nH]c(C)c1-c1ccc(NC(=O)[C@@H](NC(=O)c2ccnn2C(C)CS(C)=O)C(C2CCCCC2)C2CCCCC2)cc1. The Labute approximate surface area is 263 Å². The van der Waals surface area contributed by atoms with Crippen molar-refractivity contribution in [2.45, 2.75) is 97.1 Å². The average molecular weight is 621 g/mol. The van der Waals surface area contributed by atoms with Crippen LogP contribution in [0, 0.1) is 31.6 Å². The van der Waals surface area contributed by atoms with Crippen molar-refractivity contribution in [3.05, 3.63) is 53.6 Å². The summed E-state index contributed by atoms with van der Waals surface area (Å²) in [5, 5.41) is 18.2. The van der Waals surface area contributed by atoms with E-state index < -0.39 is 16.8 Å². The van der Waals surface area contributed by atoms with Crippen molar-refractivity contribution in [2.75, 3.05) is 17.3 Å². The molecule has 2 fully saturated rings. The molecule has 2 unspecified atom stereocenters. The fourth-order valence-corrected chi connectivity index (χ4v) is 8.51. The maximum atomic E-state index is 14.3. The molecule has 0 bridgehead atoms. The predicted octanol–water partition coefficient (Wildman–Crippen LogP) is 6.34. The van der Waals surface area contributed by atoms with E-state index in [1.807, 2.05) is 45.0 Å². The number of aromatic amines is 1. The highest BCUT2D eigenvalue weighted by atomic mass is 32.2. The lowest BCUT2D eigenvalue weighted by atomic mass is 9.66. The van der Waals surface area contributed by atoms with Gasteiger partial charge >= 0.3 is 0 Å². The molecular weight excluding hydrogens is 572 g/mol. The first-order valence-electron chi connectivity index (χ1n) is 16.3. The summed E-state index contributed by atoms with van der Waals surface area (Å²) in [4.78, 5) is 28.3. The monoisotopic (exact) mass is 620 g/mol. The van der Waals surface area contributed by atoms with Crippen LogP contribution in [0.15, 0.2) is 36.5 Å². The minimum absolute atomic E-state index is 0.0620. The number of aryl methyl sites for hydroxylation is 2. The van der Waals surface area contributed by atoms with Gasteiger partial charge in [-0.2, -0.15) is 10.2 Å². The molecule has 0 radical (unpaired) electrons. The highest BCUT2D eigenvalue weighted by molar-refractivity contribution is 7.84. The number of rotatable bonds is 11. The summed E-state index contributed by atoms with van der Waals surface area (Å²) in [6, 6.07) is 8.67. The Kier molecular flexibility index (Phi) is 10.7. The van der Waals surface area contributed by atoms with Crippen molar-refractivity contribution in [2.24, 2.45) is 17.8 Å². The molecule has 238 valence electrons. The second kappa shape index (κ2) is 14.7. The molecule has 3 atom stereocenters. The zero-order valence-corrected chi connectivity index (χ0v) is 27.4. The smallest absolute Gasteiger partial charge is 0.270 e. The van der Waals surface area contributed by atoms with Crippen LogP contribution in [0.2, 0.25) is 0 Å². The van der Waals surface area contributed by atoms with Gasteiger partial charge in [-0.1, -0.05) is 76.3 Å². The molecule has 2 aliphatic rings. The van der Waals surface area contributed by atoms with E-state index in [-0.39, 0.29) is 23.8 Å². The van der Waals surface area contributed by atoms with Gasteiger partial charge in [-0.3, -0.25) is 23.6 Å². The van der Waals surface area contributed by atoms with Crippen molar-refractivity contribution < 1.29 is 13.8 Å². The molecule has 2 aliphatic carbocycles. The number of anilines is 1. The number of carbonyl (C=O) groups excluding carboxylic acids is 2. The van der Waals surface area contributed by atoms with E-state index in [1.165, 1.54) is 38.5 Å². The number of aromatic nitrogens is 4. The standard InChI is InChI=1S/C34H48N6O3S/c1-22(21-44(4)43)40-29(19-20-35-40)33(41)37-32(31(25-11-7-5-8-12-25)26-13-9-6-10-14-26)34(42)36-28-17-15-27(16-18-28)30-23(2)38-39-24(30)3/h15-20,22,25-26,31-32H,5-14,21H2,1-4H3,(H,36,42)(H,37,41)(H,38,39)/t22?,32-,44?/m0/s1. The zero-order chi connectivity index (χ0) is 31.2. The molecule has 44 heavy (non-hydrogen) atoms. The van der Waals surface area contributed by atoms with E-state index in [0.29, 0.717) is 29.0 Å². The average Bonchev–Trinajstić information content (AvgIpc) is 3.64. The van der Waals surface area contributed by atoms with Crippen molar-refractivity contribution in [1.82, 2.24) is 25.3 Å². The zero-order valence-electron chi connectivity index (χ0n) is 26.6. The summed E-state index contributed by atoms with van der Waals surface area (Å²) in [5.41, 5.74) is 5.14. The Morgan fingerprint density at radius 3 is 2.14 bits per heavy atom. The lowest BCUT2D eigenvalue weighted by molar-refractivity contribution is -0.120. The molecule has 5 rings (SSSR count). The molecule has 0 aliphatic heterocycles. The second-order valence-electron chi connectivity index (χ2n) is 13.0. The summed E-state index contributed by atoms with van der Waals surface area (Å²) in [7, 11) is -1.03. The topological polar surface area (TPSA) is 122 Å². The van der Waals surface area contributed by atoms with Gasteiger partial charge in [0, 0.05) is 45.9 Å². The summed E-state index contributed by atoms with van der Waals surface area (Å²) < 4.78 is 13.6. The molecule has 0 saturated heterocycles.